The predicted molar refractivity (Wildman–Crippen MR) is 82.6 cm³/mol. The Bertz CT molecular complexity index is 537. The van der Waals surface area contributed by atoms with Crippen molar-refractivity contribution in [2.24, 2.45) is 0 Å². The van der Waals surface area contributed by atoms with E-state index < -0.39 is 18.6 Å². The minimum Gasteiger partial charge on any atom is -0.378 e. The molecule has 1 nitrogen and oxygen atoms in total. The molecule has 0 saturated carbocycles. The largest absolute Gasteiger partial charge is 0.391 e. The lowest BCUT2D eigenvalue weighted by Gasteiger charge is -2.22. The molecule has 106 valence electrons. The summed E-state index contributed by atoms with van der Waals surface area (Å²) in [5, 5.41) is 2.96. The lowest BCUT2D eigenvalue weighted by atomic mass is 10.0. The highest BCUT2D eigenvalue weighted by Crippen LogP contribution is 2.32. The summed E-state index contributed by atoms with van der Waals surface area (Å²) >= 11 is 2.16. The van der Waals surface area contributed by atoms with Crippen LogP contribution >= 0.6 is 22.6 Å². The van der Waals surface area contributed by atoms with Crippen molar-refractivity contribution in [2.45, 2.75) is 18.6 Å². The molecule has 2 rings (SSSR count). The van der Waals surface area contributed by atoms with Crippen LogP contribution in [-0.4, -0.2) is 6.18 Å². The van der Waals surface area contributed by atoms with Crippen LogP contribution in [0.5, 0.6) is 0 Å². The SMILES string of the molecule is FC(F)(F)CC(Nc1ccc(I)cc1)c1ccccc1. The minimum absolute atomic E-state index is 0.628. The summed E-state index contributed by atoms with van der Waals surface area (Å²) in [6, 6.07) is 15.2. The first-order valence-corrected chi connectivity index (χ1v) is 7.16. The predicted octanol–water partition coefficient (Wildman–Crippen LogP) is 5.40. The van der Waals surface area contributed by atoms with Gasteiger partial charge in [0, 0.05) is 9.26 Å². The fraction of sp³-hybridized carbons (Fsp3) is 0.200. The smallest absolute Gasteiger partial charge is 0.378 e. The molecule has 5 heteroatoms. The van der Waals surface area contributed by atoms with Gasteiger partial charge in [-0.1, -0.05) is 30.3 Å². The van der Waals surface area contributed by atoms with Gasteiger partial charge < -0.3 is 5.32 Å². The van der Waals surface area contributed by atoms with Crippen molar-refractivity contribution in [2.75, 3.05) is 5.32 Å². The van der Waals surface area contributed by atoms with Crippen molar-refractivity contribution in [3.8, 4) is 0 Å². The van der Waals surface area contributed by atoms with Gasteiger partial charge in [-0.25, -0.2) is 0 Å². The molecule has 0 aliphatic carbocycles. The number of anilines is 1. The van der Waals surface area contributed by atoms with Crippen LogP contribution < -0.4 is 5.32 Å². The van der Waals surface area contributed by atoms with E-state index in [1.807, 2.05) is 12.1 Å². The van der Waals surface area contributed by atoms with Gasteiger partial charge in [0.2, 0.25) is 0 Å². The first-order chi connectivity index (χ1) is 9.44. The number of hydrogen-bond acceptors (Lipinski definition) is 1. The van der Waals surface area contributed by atoms with Crippen molar-refractivity contribution in [3.63, 3.8) is 0 Å². The maximum absolute atomic E-state index is 12.7. The summed E-state index contributed by atoms with van der Waals surface area (Å²) in [5.41, 5.74) is 1.31. The van der Waals surface area contributed by atoms with E-state index in [4.69, 9.17) is 0 Å². The Morgan fingerprint density at radius 3 is 2.10 bits per heavy atom. The van der Waals surface area contributed by atoms with E-state index in [1.165, 1.54) is 0 Å². The molecule has 0 spiro atoms. The van der Waals surface area contributed by atoms with Crippen molar-refractivity contribution < 1.29 is 13.2 Å². The Hall–Kier alpha value is -1.24. The van der Waals surface area contributed by atoms with Crippen LogP contribution in [0.1, 0.15) is 18.0 Å². The maximum Gasteiger partial charge on any atom is 0.391 e. The van der Waals surface area contributed by atoms with Gasteiger partial charge in [-0.3, -0.25) is 0 Å². The van der Waals surface area contributed by atoms with Gasteiger partial charge in [-0.15, -0.1) is 0 Å². The van der Waals surface area contributed by atoms with E-state index in [9.17, 15) is 13.2 Å². The minimum atomic E-state index is -4.21. The van der Waals surface area contributed by atoms with Gasteiger partial charge in [-0.05, 0) is 52.4 Å². The second-order valence-corrected chi connectivity index (χ2v) is 5.68. The van der Waals surface area contributed by atoms with Crippen molar-refractivity contribution in [1.29, 1.82) is 0 Å². The number of benzene rings is 2. The van der Waals surface area contributed by atoms with Gasteiger partial charge >= 0.3 is 6.18 Å². The van der Waals surface area contributed by atoms with E-state index in [2.05, 4.69) is 27.9 Å². The summed E-state index contributed by atoms with van der Waals surface area (Å²) in [6.07, 6.45) is -5.11. The summed E-state index contributed by atoms with van der Waals surface area (Å²) in [4.78, 5) is 0. The number of nitrogens with one attached hydrogen (secondary N) is 1. The quantitative estimate of drug-likeness (QED) is 0.689. The molecule has 0 aliphatic rings. The van der Waals surface area contributed by atoms with Gasteiger partial charge in [0.1, 0.15) is 0 Å². The van der Waals surface area contributed by atoms with Crippen LogP contribution in [0.15, 0.2) is 54.6 Å². The molecule has 0 radical (unpaired) electrons. The first-order valence-electron chi connectivity index (χ1n) is 6.08. The average Bonchev–Trinajstić information content (AvgIpc) is 2.40. The molecule has 20 heavy (non-hydrogen) atoms. The zero-order chi connectivity index (χ0) is 14.6. The first kappa shape index (κ1) is 15.2. The fourth-order valence-corrected chi connectivity index (χ4v) is 2.28. The van der Waals surface area contributed by atoms with Crippen LogP contribution in [0, 0.1) is 3.57 Å². The Morgan fingerprint density at radius 1 is 0.950 bits per heavy atom. The number of halogens is 4. The third kappa shape index (κ3) is 4.70. The Labute approximate surface area is 129 Å². The van der Waals surface area contributed by atoms with Crippen LogP contribution in [0.2, 0.25) is 0 Å². The molecule has 0 aromatic heterocycles. The molecular formula is C15H13F3IN. The van der Waals surface area contributed by atoms with E-state index in [1.54, 1.807) is 42.5 Å². The monoisotopic (exact) mass is 391 g/mol. The molecule has 1 unspecified atom stereocenters. The van der Waals surface area contributed by atoms with E-state index in [-0.39, 0.29) is 0 Å². The Kier molecular flexibility index (Phi) is 4.91. The lowest BCUT2D eigenvalue weighted by Crippen LogP contribution is -2.20. The van der Waals surface area contributed by atoms with Gasteiger partial charge in [0.05, 0.1) is 12.5 Å². The number of hydrogen-bond donors (Lipinski definition) is 1. The molecular weight excluding hydrogens is 378 g/mol. The molecule has 2 aromatic carbocycles. The van der Waals surface area contributed by atoms with E-state index in [0.29, 0.717) is 11.3 Å². The summed E-state index contributed by atoms with van der Waals surface area (Å²) in [6.45, 7) is 0. The van der Waals surface area contributed by atoms with E-state index >= 15 is 0 Å². The zero-order valence-electron chi connectivity index (χ0n) is 10.5. The van der Waals surface area contributed by atoms with Crippen LogP contribution in [0.4, 0.5) is 18.9 Å². The molecule has 0 amide bonds. The maximum atomic E-state index is 12.7. The zero-order valence-corrected chi connectivity index (χ0v) is 12.6. The van der Waals surface area contributed by atoms with Crippen LogP contribution in [-0.2, 0) is 0 Å². The second-order valence-electron chi connectivity index (χ2n) is 4.43. The van der Waals surface area contributed by atoms with Gasteiger partial charge in [0.25, 0.3) is 0 Å². The van der Waals surface area contributed by atoms with Crippen molar-refractivity contribution in [3.05, 3.63) is 63.7 Å². The number of rotatable bonds is 4. The molecule has 0 heterocycles. The molecule has 0 aliphatic heterocycles. The Morgan fingerprint density at radius 2 is 1.55 bits per heavy atom. The van der Waals surface area contributed by atoms with Gasteiger partial charge in [0.15, 0.2) is 0 Å². The average molecular weight is 391 g/mol. The third-order valence-corrected chi connectivity index (χ3v) is 3.54. The summed E-state index contributed by atoms with van der Waals surface area (Å²) < 4.78 is 39.2. The third-order valence-electron chi connectivity index (χ3n) is 2.82. The molecule has 0 saturated heterocycles. The van der Waals surface area contributed by atoms with Crippen LogP contribution in [0.25, 0.3) is 0 Å². The van der Waals surface area contributed by atoms with Crippen molar-refractivity contribution in [1.82, 2.24) is 0 Å². The Balaban J connectivity index is 2.20. The second kappa shape index (κ2) is 6.47. The summed E-state index contributed by atoms with van der Waals surface area (Å²) in [7, 11) is 0. The topological polar surface area (TPSA) is 12.0 Å². The fourth-order valence-electron chi connectivity index (χ4n) is 1.92. The van der Waals surface area contributed by atoms with Crippen LogP contribution in [0.3, 0.4) is 0 Å². The highest BCUT2D eigenvalue weighted by molar-refractivity contribution is 14.1. The van der Waals surface area contributed by atoms with Gasteiger partial charge in [-0.2, -0.15) is 13.2 Å². The molecule has 0 fully saturated rings. The normalized spacial score (nSPS) is 13.0. The molecule has 1 atom stereocenters. The molecule has 2 aromatic rings. The summed E-state index contributed by atoms with van der Waals surface area (Å²) in [5.74, 6) is 0. The highest BCUT2D eigenvalue weighted by Gasteiger charge is 2.32. The highest BCUT2D eigenvalue weighted by atomic mass is 127. The lowest BCUT2D eigenvalue weighted by molar-refractivity contribution is -0.137. The molecule has 1 N–H and O–H groups in total. The molecule has 0 bridgehead atoms. The van der Waals surface area contributed by atoms with E-state index in [0.717, 1.165) is 3.57 Å². The number of alkyl halides is 3. The standard InChI is InChI=1S/C15H13F3IN/c16-15(17,18)10-14(11-4-2-1-3-5-11)20-13-8-6-12(19)7-9-13/h1-9,14,20H,10H2. The van der Waals surface area contributed by atoms with Crippen molar-refractivity contribution >= 4 is 28.3 Å².